The molecule has 0 aliphatic carbocycles. The Balaban J connectivity index is 1.99. The Morgan fingerprint density at radius 2 is 2.14 bits per heavy atom. The van der Waals surface area contributed by atoms with Gasteiger partial charge in [-0.05, 0) is 49.8 Å². The summed E-state index contributed by atoms with van der Waals surface area (Å²) >= 11 is 0. The summed E-state index contributed by atoms with van der Waals surface area (Å²) in [5.41, 5.74) is 2.94. The van der Waals surface area contributed by atoms with Crippen molar-refractivity contribution in [3.8, 4) is 0 Å². The van der Waals surface area contributed by atoms with Gasteiger partial charge in [0.25, 0.3) is 0 Å². The lowest BCUT2D eigenvalue weighted by Gasteiger charge is -2.32. The number of amides is 2. The average Bonchev–Trinajstić information content (AvgIpc) is 2.42. The van der Waals surface area contributed by atoms with Crippen LogP contribution in [0.1, 0.15) is 30.4 Å². The number of nitrogens with zero attached hydrogens (tertiary/aromatic N) is 1. The summed E-state index contributed by atoms with van der Waals surface area (Å²) in [5.74, 6) is -0.739. The van der Waals surface area contributed by atoms with Gasteiger partial charge in [0.2, 0.25) is 0 Å². The van der Waals surface area contributed by atoms with Crippen LogP contribution < -0.4 is 5.32 Å². The quantitative estimate of drug-likeness (QED) is 0.899. The first-order valence-electron chi connectivity index (χ1n) is 7.30. The number of anilines is 1. The number of benzene rings is 1. The van der Waals surface area contributed by atoms with Crippen molar-refractivity contribution in [2.24, 2.45) is 5.92 Å². The van der Waals surface area contributed by atoms with Crippen molar-refractivity contribution in [2.75, 3.05) is 18.4 Å². The zero-order chi connectivity index (χ0) is 15.4. The van der Waals surface area contributed by atoms with Crippen LogP contribution in [0.3, 0.4) is 0 Å². The summed E-state index contributed by atoms with van der Waals surface area (Å²) in [4.78, 5) is 24.8. The first kappa shape index (κ1) is 15.4. The van der Waals surface area contributed by atoms with Gasteiger partial charge in [-0.3, -0.25) is 4.79 Å². The minimum absolute atomic E-state index is 0.0561. The van der Waals surface area contributed by atoms with E-state index in [2.05, 4.69) is 5.32 Å². The fourth-order valence-electron chi connectivity index (χ4n) is 2.73. The predicted octanol–water partition coefficient (Wildman–Crippen LogP) is 3.02. The fraction of sp³-hybridized carbons (Fsp3) is 0.500. The topological polar surface area (TPSA) is 69.6 Å². The number of aryl methyl sites for hydroxylation is 2. The van der Waals surface area contributed by atoms with Crippen LogP contribution >= 0.6 is 0 Å². The summed E-state index contributed by atoms with van der Waals surface area (Å²) < 4.78 is 0. The van der Waals surface area contributed by atoms with E-state index in [1.54, 1.807) is 4.90 Å². The van der Waals surface area contributed by atoms with Crippen molar-refractivity contribution in [1.29, 1.82) is 0 Å². The second kappa shape index (κ2) is 6.61. The lowest BCUT2D eigenvalue weighted by molar-refractivity contribution is -0.138. The smallest absolute Gasteiger partial charge is 0.321 e. The molecule has 0 spiro atoms. The lowest BCUT2D eigenvalue weighted by atomic mass is 9.95. The lowest BCUT2D eigenvalue weighted by Crippen LogP contribution is -2.42. The Bertz CT molecular complexity index is 542. The Labute approximate surface area is 125 Å². The molecule has 1 aliphatic heterocycles. The van der Waals surface area contributed by atoms with Gasteiger partial charge >= 0.3 is 12.0 Å². The van der Waals surface area contributed by atoms with Crippen molar-refractivity contribution in [2.45, 2.75) is 33.1 Å². The highest BCUT2D eigenvalue weighted by Gasteiger charge is 2.25. The largest absolute Gasteiger partial charge is 0.481 e. The molecule has 0 radical (unpaired) electrons. The molecule has 1 atom stereocenters. The summed E-state index contributed by atoms with van der Waals surface area (Å²) in [5, 5.41) is 11.8. The van der Waals surface area contributed by atoms with E-state index in [0.29, 0.717) is 13.1 Å². The number of hydrogen-bond acceptors (Lipinski definition) is 2. The van der Waals surface area contributed by atoms with Crippen LogP contribution in [0, 0.1) is 19.8 Å². The van der Waals surface area contributed by atoms with Gasteiger partial charge in [-0.25, -0.2) is 4.79 Å². The molecule has 21 heavy (non-hydrogen) atoms. The van der Waals surface area contributed by atoms with Crippen LogP contribution in [0.4, 0.5) is 10.5 Å². The fourth-order valence-corrected chi connectivity index (χ4v) is 2.73. The number of hydrogen-bond donors (Lipinski definition) is 2. The molecule has 2 N–H and O–H groups in total. The molecule has 1 fully saturated rings. The Morgan fingerprint density at radius 1 is 1.38 bits per heavy atom. The zero-order valence-electron chi connectivity index (χ0n) is 12.6. The standard InChI is InChI=1S/C16H22N2O3/c1-11-5-6-12(2)14(8-11)17-16(21)18-7-3-4-13(10-18)9-15(19)20/h5-6,8,13H,3-4,7,9-10H2,1-2H3,(H,17,21)(H,19,20). The number of likely N-dealkylation sites (tertiary alicyclic amines) is 1. The number of carbonyl (C=O) groups is 2. The van der Waals surface area contributed by atoms with Gasteiger partial charge in [0.15, 0.2) is 0 Å². The van der Waals surface area contributed by atoms with E-state index in [1.807, 2.05) is 32.0 Å². The molecule has 1 aromatic rings. The van der Waals surface area contributed by atoms with E-state index in [-0.39, 0.29) is 18.4 Å². The van der Waals surface area contributed by atoms with E-state index in [4.69, 9.17) is 5.11 Å². The van der Waals surface area contributed by atoms with Crippen molar-refractivity contribution in [3.05, 3.63) is 29.3 Å². The highest BCUT2D eigenvalue weighted by Crippen LogP contribution is 2.22. The molecule has 5 heteroatoms. The number of carboxylic acid groups (broad SMARTS) is 1. The van der Waals surface area contributed by atoms with E-state index in [1.165, 1.54) is 0 Å². The third kappa shape index (κ3) is 4.21. The molecule has 2 amide bonds. The van der Waals surface area contributed by atoms with Gasteiger partial charge in [0.1, 0.15) is 0 Å². The van der Waals surface area contributed by atoms with Gasteiger partial charge < -0.3 is 15.3 Å². The van der Waals surface area contributed by atoms with Crippen LogP contribution in [0.2, 0.25) is 0 Å². The second-order valence-electron chi connectivity index (χ2n) is 5.80. The molecular formula is C16H22N2O3. The van der Waals surface area contributed by atoms with Crippen LogP contribution in [-0.4, -0.2) is 35.1 Å². The van der Waals surface area contributed by atoms with E-state index in [9.17, 15) is 9.59 Å². The maximum absolute atomic E-state index is 12.3. The summed E-state index contributed by atoms with van der Waals surface area (Å²) in [6, 6.07) is 5.80. The van der Waals surface area contributed by atoms with E-state index < -0.39 is 5.97 Å². The number of rotatable bonds is 3. The number of carbonyl (C=O) groups excluding carboxylic acids is 1. The third-order valence-electron chi connectivity index (χ3n) is 3.90. The van der Waals surface area contributed by atoms with Crippen molar-refractivity contribution in [3.63, 3.8) is 0 Å². The molecule has 2 rings (SSSR count). The molecule has 1 aromatic carbocycles. The van der Waals surface area contributed by atoms with Gasteiger partial charge in [0, 0.05) is 25.2 Å². The Hall–Kier alpha value is -2.04. The number of carboxylic acids is 1. The number of nitrogens with one attached hydrogen (secondary N) is 1. The van der Waals surface area contributed by atoms with Crippen LogP contribution in [0.15, 0.2) is 18.2 Å². The first-order chi connectivity index (χ1) is 9.95. The number of piperidine rings is 1. The van der Waals surface area contributed by atoms with Gasteiger partial charge in [0.05, 0.1) is 0 Å². The molecule has 0 saturated carbocycles. The van der Waals surface area contributed by atoms with Gasteiger partial charge in [-0.2, -0.15) is 0 Å². The third-order valence-corrected chi connectivity index (χ3v) is 3.90. The average molecular weight is 290 g/mol. The normalized spacial score (nSPS) is 18.4. The summed E-state index contributed by atoms with van der Waals surface area (Å²) in [7, 11) is 0. The van der Waals surface area contributed by atoms with Gasteiger partial charge in [-0.1, -0.05) is 12.1 Å². The van der Waals surface area contributed by atoms with Crippen molar-refractivity contribution >= 4 is 17.7 Å². The van der Waals surface area contributed by atoms with E-state index >= 15 is 0 Å². The molecule has 114 valence electrons. The Morgan fingerprint density at radius 3 is 2.86 bits per heavy atom. The molecule has 5 nitrogen and oxygen atoms in total. The minimum atomic E-state index is -0.795. The summed E-state index contributed by atoms with van der Waals surface area (Å²) in [6.07, 6.45) is 1.87. The Kier molecular flexibility index (Phi) is 4.83. The summed E-state index contributed by atoms with van der Waals surface area (Å²) in [6.45, 7) is 5.15. The van der Waals surface area contributed by atoms with Crippen LogP contribution in [0.5, 0.6) is 0 Å². The van der Waals surface area contributed by atoms with Crippen LogP contribution in [0.25, 0.3) is 0 Å². The molecule has 1 saturated heterocycles. The van der Waals surface area contributed by atoms with Crippen LogP contribution in [-0.2, 0) is 4.79 Å². The SMILES string of the molecule is Cc1ccc(C)c(NC(=O)N2CCCC(CC(=O)O)C2)c1. The van der Waals surface area contributed by atoms with E-state index in [0.717, 1.165) is 29.7 Å². The molecular weight excluding hydrogens is 268 g/mol. The second-order valence-corrected chi connectivity index (χ2v) is 5.80. The van der Waals surface area contributed by atoms with Gasteiger partial charge in [-0.15, -0.1) is 0 Å². The highest BCUT2D eigenvalue weighted by molar-refractivity contribution is 5.90. The highest BCUT2D eigenvalue weighted by atomic mass is 16.4. The first-order valence-corrected chi connectivity index (χ1v) is 7.30. The number of urea groups is 1. The molecule has 1 aliphatic rings. The van der Waals surface area contributed by atoms with Crippen molar-refractivity contribution in [1.82, 2.24) is 4.90 Å². The number of aliphatic carboxylic acids is 1. The molecule has 0 aromatic heterocycles. The zero-order valence-corrected chi connectivity index (χ0v) is 12.6. The maximum atomic E-state index is 12.3. The monoisotopic (exact) mass is 290 g/mol. The minimum Gasteiger partial charge on any atom is -0.481 e. The predicted molar refractivity (Wildman–Crippen MR) is 81.5 cm³/mol. The maximum Gasteiger partial charge on any atom is 0.321 e. The molecule has 1 heterocycles. The molecule has 0 bridgehead atoms. The molecule has 1 unspecified atom stereocenters. The van der Waals surface area contributed by atoms with Crippen molar-refractivity contribution < 1.29 is 14.7 Å².